The molecule has 11 rings (SSSR count). The lowest BCUT2D eigenvalue weighted by molar-refractivity contribution is 0.669. The van der Waals surface area contributed by atoms with Gasteiger partial charge in [0, 0.05) is 47.9 Å². The molecule has 0 aliphatic heterocycles. The van der Waals surface area contributed by atoms with E-state index >= 15 is 0 Å². The molecule has 9 aromatic carbocycles. The summed E-state index contributed by atoms with van der Waals surface area (Å²) >= 11 is 1.86. The predicted molar refractivity (Wildman–Crippen MR) is 235 cm³/mol. The zero-order chi connectivity index (χ0) is 36.3. The molecule has 0 saturated carbocycles. The van der Waals surface area contributed by atoms with Crippen molar-refractivity contribution in [2.45, 2.75) is 0 Å². The van der Waals surface area contributed by atoms with E-state index in [0.717, 1.165) is 50.1 Å². The van der Waals surface area contributed by atoms with Gasteiger partial charge in [0.25, 0.3) is 0 Å². The fourth-order valence-electron chi connectivity index (χ4n) is 8.32. The van der Waals surface area contributed by atoms with Crippen molar-refractivity contribution in [3.05, 3.63) is 200 Å². The van der Waals surface area contributed by atoms with Crippen LogP contribution in [0.3, 0.4) is 0 Å². The van der Waals surface area contributed by atoms with Crippen LogP contribution in [-0.4, -0.2) is 0 Å². The van der Waals surface area contributed by atoms with Crippen molar-refractivity contribution < 1.29 is 4.42 Å². The van der Waals surface area contributed by atoms with Crippen molar-refractivity contribution in [2.24, 2.45) is 0 Å². The Morgan fingerprint density at radius 2 is 1.02 bits per heavy atom. The highest BCUT2D eigenvalue weighted by atomic mass is 32.1. The number of hydrogen-bond acceptors (Lipinski definition) is 3. The summed E-state index contributed by atoms with van der Waals surface area (Å²) in [6.45, 7) is 0. The fraction of sp³-hybridized carbons (Fsp3) is 0. The Kier molecular flexibility index (Phi) is 7.39. The summed E-state index contributed by atoms with van der Waals surface area (Å²) in [5, 5.41) is 7.36. The van der Waals surface area contributed by atoms with Crippen LogP contribution in [0.2, 0.25) is 0 Å². The minimum atomic E-state index is 0.902. The number of para-hydroxylation sites is 2. The van der Waals surface area contributed by atoms with Crippen LogP contribution in [0.15, 0.2) is 205 Å². The van der Waals surface area contributed by atoms with E-state index in [1.807, 2.05) is 23.5 Å². The maximum absolute atomic E-state index is 6.26. The van der Waals surface area contributed by atoms with Crippen molar-refractivity contribution >= 4 is 81.3 Å². The maximum atomic E-state index is 6.26. The van der Waals surface area contributed by atoms with Crippen LogP contribution in [0.1, 0.15) is 0 Å². The molecule has 0 unspecified atom stereocenters. The van der Waals surface area contributed by atoms with Gasteiger partial charge in [0.05, 0.1) is 5.69 Å². The summed E-state index contributed by atoms with van der Waals surface area (Å²) in [5.74, 6) is 0. The molecule has 2 heterocycles. The smallest absolute Gasteiger partial charge is 0.136 e. The lowest BCUT2D eigenvalue weighted by atomic mass is 9.95. The number of rotatable bonds is 6. The Labute approximate surface area is 322 Å². The first kappa shape index (κ1) is 31.6. The molecule has 2 nitrogen and oxygen atoms in total. The molecule has 0 aliphatic carbocycles. The summed E-state index contributed by atoms with van der Waals surface area (Å²) in [7, 11) is 0. The third-order valence-corrected chi connectivity index (χ3v) is 12.0. The quantitative estimate of drug-likeness (QED) is 0.170. The van der Waals surface area contributed by atoms with Crippen LogP contribution >= 0.6 is 11.3 Å². The van der Waals surface area contributed by atoms with Gasteiger partial charge in [0.2, 0.25) is 0 Å². The van der Waals surface area contributed by atoms with Crippen LogP contribution in [0, 0.1) is 0 Å². The number of nitrogens with zero attached hydrogens (tertiary/aromatic N) is 1. The second-order valence-corrected chi connectivity index (χ2v) is 15.1. The Morgan fingerprint density at radius 3 is 1.95 bits per heavy atom. The van der Waals surface area contributed by atoms with Gasteiger partial charge >= 0.3 is 0 Å². The van der Waals surface area contributed by atoms with E-state index in [-0.39, 0.29) is 0 Å². The zero-order valence-electron chi connectivity index (χ0n) is 29.8. The van der Waals surface area contributed by atoms with Crippen molar-refractivity contribution in [1.82, 2.24) is 0 Å². The van der Waals surface area contributed by atoms with E-state index in [4.69, 9.17) is 4.42 Å². The molecule has 0 aliphatic rings. The largest absolute Gasteiger partial charge is 0.456 e. The molecule has 0 saturated heterocycles. The Hall–Kier alpha value is -6.94. The summed E-state index contributed by atoms with van der Waals surface area (Å²) in [6, 6.07) is 72.3. The molecule has 55 heavy (non-hydrogen) atoms. The topological polar surface area (TPSA) is 16.4 Å². The lowest BCUT2D eigenvalue weighted by Crippen LogP contribution is -2.11. The van der Waals surface area contributed by atoms with E-state index in [1.54, 1.807) is 0 Å². The first-order chi connectivity index (χ1) is 27.3. The van der Waals surface area contributed by atoms with E-state index in [9.17, 15) is 0 Å². The summed E-state index contributed by atoms with van der Waals surface area (Å²) < 4.78 is 8.88. The molecule has 0 N–H and O–H groups in total. The number of fused-ring (bicyclic) bond motifs is 7. The highest BCUT2D eigenvalue weighted by Gasteiger charge is 2.20. The fourth-order valence-corrected chi connectivity index (χ4v) is 9.45. The molecule has 0 atom stereocenters. The van der Waals surface area contributed by atoms with Crippen LogP contribution in [0.4, 0.5) is 17.1 Å². The van der Waals surface area contributed by atoms with E-state index < -0.39 is 0 Å². The lowest BCUT2D eigenvalue weighted by Gasteiger charge is -2.29. The summed E-state index contributed by atoms with van der Waals surface area (Å²) in [6.07, 6.45) is 0. The van der Waals surface area contributed by atoms with Gasteiger partial charge in [-0.1, -0.05) is 140 Å². The molecule has 0 spiro atoms. The van der Waals surface area contributed by atoms with Crippen molar-refractivity contribution in [1.29, 1.82) is 0 Å². The molecular weight excluding hydrogens is 687 g/mol. The average Bonchev–Trinajstić information content (AvgIpc) is 3.82. The van der Waals surface area contributed by atoms with Crippen LogP contribution in [-0.2, 0) is 0 Å². The molecule has 0 bridgehead atoms. The Balaban J connectivity index is 1.08. The monoisotopic (exact) mass is 719 g/mol. The second kappa shape index (κ2) is 12.9. The maximum Gasteiger partial charge on any atom is 0.136 e. The molecular formula is C52H33NOS. The van der Waals surface area contributed by atoms with Gasteiger partial charge < -0.3 is 9.32 Å². The van der Waals surface area contributed by atoms with Crippen LogP contribution in [0.25, 0.3) is 86.3 Å². The number of hydrogen-bond donors (Lipinski definition) is 0. The van der Waals surface area contributed by atoms with Gasteiger partial charge in [0.1, 0.15) is 11.2 Å². The highest BCUT2D eigenvalue weighted by molar-refractivity contribution is 7.25. The van der Waals surface area contributed by atoms with E-state index in [2.05, 4.69) is 193 Å². The van der Waals surface area contributed by atoms with Gasteiger partial charge in [-0.3, -0.25) is 0 Å². The van der Waals surface area contributed by atoms with Gasteiger partial charge in [-0.15, -0.1) is 11.3 Å². The third kappa shape index (κ3) is 5.32. The summed E-state index contributed by atoms with van der Waals surface area (Å²) in [5.41, 5.74) is 12.2. The standard InChI is InChI=1S/C52H33NOS/c1-2-16-40-35(12-1)13-10-21-42(40)43-17-3-6-22-47(43)53(38-29-26-34(27-30-38)36-28-31-45-44-18-4-7-23-48(44)54-49(45)33-36)39-15-9-14-37(32-39)41-20-11-25-51-52(41)46-19-5-8-24-50(46)55-51/h1-33H. The van der Waals surface area contributed by atoms with Crippen molar-refractivity contribution in [2.75, 3.05) is 4.90 Å². The normalized spacial score (nSPS) is 11.6. The first-order valence-corrected chi connectivity index (χ1v) is 19.5. The Bertz CT molecular complexity index is 3220. The number of furan rings is 1. The average molecular weight is 720 g/mol. The minimum absolute atomic E-state index is 0.902. The van der Waals surface area contributed by atoms with Crippen LogP contribution in [0.5, 0.6) is 0 Å². The highest BCUT2D eigenvalue weighted by Crippen LogP contribution is 2.45. The SMILES string of the molecule is c1cc(-c2cccc3sc4ccccc4c23)cc(N(c2ccc(-c3ccc4c(c3)oc3ccccc34)cc2)c2ccccc2-c2cccc3ccccc23)c1. The van der Waals surface area contributed by atoms with E-state index in [1.165, 1.54) is 53.2 Å². The molecule has 11 aromatic rings. The van der Waals surface area contributed by atoms with Gasteiger partial charge in [-0.25, -0.2) is 0 Å². The second-order valence-electron chi connectivity index (χ2n) is 14.1. The van der Waals surface area contributed by atoms with Crippen LogP contribution < -0.4 is 4.90 Å². The van der Waals surface area contributed by atoms with Gasteiger partial charge in [0.15, 0.2) is 0 Å². The molecule has 0 amide bonds. The number of thiophene rings is 1. The Morgan fingerprint density at radius 1 is 0.364 bits per heavy atom. The molecule has 3 heteroatoms. The summed E-state index contributed by atoms with van der Waals surface area (Å²) in [4.78, 5) is 2.42. The minimum Gasteiger partial charge on any atom is -0.456 e. The molecule has 258 valence electrons. The number of anilines is 3. The zero-order valence-corrected chi connectivity index (χ0v) is 30.6. The van der Waals surface area contributed by atoms with Crippen molar-refractivity contribution in [3.63, 3.8) is 0 Å². The first-order valence-electron chi connectivity index (χ1n) is 18.7. The van der Waals surface area contributed by atoms with Crippen molar-refractivity contribution in [3.8, 4) is 33.4 Å². The molecule has 2 aromatic heterocycles. The van der Waals surface area contributed by atoms with Gasteiger partial charge in [-0.2, -0.15) is 0 Å². The number of benzene rings is 9. The third-order valence-electron chi connectivity index (χ3n) is 10.9. The molecule has 0 radical (unpaired) electrons. The molecule has 0 fully saturated rings. The predicted octanol–water partition coefficient (Wildman–Crippen LogP) is 15.6. The van der Waals surface area contributed by atoms with Gasteiger partial charge in [-0.05, 0) is 99.3 Å². The van der Waals surface area contributed by atoms with E-state index in [0.29, 0.717) is 0 Å².